The van der Waals surface area contributed by atoms with E-state index >= 15 is 0 Å². The van der Waals surface area contributed by atoms with Crippen molar-refractivity contribution in [3.05, 3.63) is 71.3 Å². The molecule has 0 aliphatic rings. The number of carbonyl (C=O) groups is 2. The van der Waals surface area contributed by atoms with Crippen LogP contribution in [0.2, 0.25) is 0 Å². The fourth-order valence-corrected chi connectivity index (χ4v) is 2.52. The topological polar surface area (TPSA) is 49.4 Å². The Kier molecular flexibility index (Phi) is 5.55. The molecule has 0 aliphatic heterocycles. The summed E-state index contributed by atoms with van der Waals surface area (Å²) in [5, 5.41) is 1.40. The maximum absolute atomic E-state index is 13.0. The Balaban J connectivity index is 2.27. The van der Waals surface area contributed by atoms with Gasteiger partial charge >= 0.3 is 0 Å². The summed E-state index contributed by atoms with van der Waals surface area (Å²) >= 11 is 0. The monoisotopic (exact) mass is 352 g/mol. The zero-order valence-corrected chi connectivity index (χ0v) is 16.5. The number of nitrogens with one attached hydrogen (secondary N) is 1. The molecule has 0 atom stereocenters. The van der Waals surface area contributed by atoms with Crippen LogP contribution in [0.1, 0.15) is 67.8 Å². The molecule has 26 heavy (non-hydrogen) atoms. The SMILES string of the molecule is CC(C)(C)c1ccc(C(=O)N(NC(=O)c2ccccc2)C(C)(C)C)cc1. The van der Waals surface area contributed by atoms with E-state index in [1.54, 1.807) is 24.3 Å². The van der Waals surface area contributed by atoms with E-state index in [0.717, 1.165) is 5.56 Å². The summed E-state index contributed by atoms with van der Waals surface area (Å²) in [5.74, 6) is -0.539. The minimum absolute atomic E-state index is 0.0207. The van der Waals surface area contributed by atoms with Gasteiger partial charge in [0.15, 0.2) is 0 Å². The molecule has 2 rings (SSSR count). The molecule has 0 bridgehead atoms. The lowest BCUT2D eigenvalue weighted by molar-refractivity contribution is 0.0358. The first-order valence-corrected chi connectivity index (χ1v) is 8.81. The molecule has 0 aromatic heterocycles. The van der Waals surface area contributed by atoms with Crippen molar-refractivity contribution >= 4 is 11.8 Å². The van der Waals surface area contributed by atoms with E-state index in [9.17, 15) is 9.59 Å². The van der Waals surface area contributed by atoms with Gasteiger partial charge in [0.2, 0.25) is 0 Å². The summed E-state index contributed by atoms with van der Waals surface area (Å²) in [6.45, 7) is 12.1. The summed E-state index contributed by atoms with van der Waals surface area (Å²) in [7, 11) is 0. The van der Waals surface area contributed by atoms with Crippen LogP contribution in [0.4, 0.5) is 0 Å². The van der Waals surface area contributed by atoms with Gasteiger partial charge in [-0.15, -0.1) is 0 Å². The molecule has 2 amide bonds. The fourth-order valence-electron chi connectivity index (χ4n) is 2.52. The number of nitrogens with zero attached hydrogens (tertiary/aromatic N) is 1. The molecule has 0 aliphatic carbocycles. The van der Waals surface area contributed by atoms with Crippen LogP contribution < -0.4 is 5.43 Å². The van der Waals surface area contributed by atoms with Crippen molar-refractivity contribution in [3.8, 4) is 0 Å². The molecule has 0 heterocycles. The standard InChI is InChI=1S/C22H28N2O2/c1-21(2,3)18-14-12-17(13-15-18)20(26)24(22(4,5)6)23-19(25)16-10-8-7-9-11-16/h7-15H,1-6H3,(H,23,25). The quantitative estimate of drug-likeness (QED) is 0.805. The Morgan fingerprint density at radius 2 is 1.31 bits per heavy atom. The molecule has 138 valence electrons. The lowest BCUT2D eigenvalue weighted by atomic mass is 9.86. The molecule has 1 N–H and O–H groups in total. The molecule has 0 spiro atoms. The van der Waals surface area contributed by atoms with Gasteiger partial charge < -0.3 is 0 Å². The maximum Gasteiger partial charge on any atom is 0.272 e. The largest absolute Gasteiger partial charge is 0.272 e. The molecule has 0 fully saturated rings. The van der Waals surface area contributed by atoms with Crippen LogP contribution in [0.3, 0.4) is 0 Å². The normalized spacial score (nSPS) is 11.8. The number of rotatable bonds is 2. The van der Waals surface area contributed by atoms with Crippen molar-refractivity contribution < 1.29 is 9.59 Å². The minimum Gasteiger partial charge on any atom is -0.267 e. The molecule has 4 nitrogen and oxygen atoms in total. The van der Waals surface area contributed by atoms with E-state index in [0.29, 0.717) is 11.1 Å². The molecule has 2 aromatic carbocycles. The highest BCUT2D eigenvalue weighted by Crippen LogP contribution is 2.23. The van der Waals surface area contributed by atoms with Crippen LogP contribution in [0.15, 0.2) is 54.6 Å². The zero-order chi connectivity index (χ0) is 19.5. The Labute approximate surface area is 156 Å². The van der Waals surface area contributed by atoms with Crippen molar-refractivity contribution in [2.75, 3.05) is 0 Å². The van der Waals surface area contributed by atoms with E-state index in [1.165, 1.54) is 5.01 Å². The second kappa shape index (κ2) is 7.32. The molecular formula is C22H28N2O2. The Bertz CT molecular complexity index is 767. The smallest absolute Gasteiger partial charge is 0.267 e. The number of benzene rings is 2. The first-order chi connectivity index (χ1) is 12.0. The van der Waals surface area contributed by atoms with Crippen molar-refractivity contribution in [2.24, 2.45) is 0 Å². The summed E-state index contributed by atoms with van der Waals surface area (Å²) in [6.07, 6.45) is 0. The van der Waals surface area contributed by atoms with E-state index in [4.69, 9.17) is 0 Å². The molecule has 2 aromatic rings. The molecular weight excluding hydrogens is 324 g/mol. The molecule has 0 radical (unpaired) electrons. The lowest BCUT2D eigenvalue weighted by Gasteiger charge is -2.35. The number of hydrogen-bond donors (Lipinski definition) is 1. The van der Waals surface area contributed by atoms with Crippen LogP contribution in [-0.4, -0.2) is 22.4 Å². The van der Waals surface area contributed by atoms with E-state index in [2.05, 4.69) is 26.2 Å². The lowest BCUT2D eigenvalue weighted by Crippen LogP contribution is -2.55. The van der Waals surface area contributed by atoms with Gasteiger partial charge in [-0.25, -0.2) is 5.01 Å². The van der Waals surface area contributed by atoms with E-state index < -0.39 is 5.54 Å². The third kappa shape index (κ3) is 4.72. The number of amides is 2. The fraction of sp³-hybridized carbons (Fsp3) is 0.364. The van der Waals surface area contributed by atoms with Gasteiger partial charge in [-0.2, -0.15) is 0 Å². The zero-order valence-electron chi connectivity index (χ0n) is 16.5. The Hall–Kier alpha value is -2.62. The van der Waals surface area contributed by atoms with Gasteiger partial charge in [-0.05, 0) is 56.0 Å². The third-order valence-electron chi connectivity index (χ3n) is 4.12. The predicted molar refractivity (Wildman–Crippen MR) is 105 cm³/mol. The second-order valence-corrected chi connectivity index (χ2v) is 8.45. The van der Waals surface area contributed by atoms with Gasteiger partial charge in [0.05, 0.1) is 5.54 Å². The van der Waals surface area contributed by atoms with Crippen molar-refractivity contribution in [2.45, 2.75) is 52.5 Å². The number of carbonyl (C=O) groups excluding carboxylic acids is 2. The highest BCUT2D eigenvalue weighted by molar-refractivity contribution is 5.99. The van der Waals surface area contributed by atoms with Crippen LogP contribution in [0, 0.1) is 0 Å². The second-order valence-electron chi connectivity index (χ2n) is 8.45. The predicted octanol–water partition coefficient (Wildman–Crippen LogP) is 4.57. The average molecular weight is 352 g/mol. The Morgan fingerprint density at radius 3 is 1.77 bits per heavy atom. The van der Waals surface area contributed by atoms with Gasteiger partial charge in [0, 0.05) is 11.1 Å². The van der Waals surface area contributed by atoms with Gasteiger partial charge in [-0.3, -0.25) is 15.0 Å². The maximum atomic E-state index is 13.0. The summed E-state index contributed by atoms with van der Waals surface area (Å²) in [4.78, 5) is 25.5. The van der Waals surface area contributed by atoms with E-state index in [-0.39, 0.29) is 17.2 Å². The first-order valence-electron chi connectivity index (χ1n) is 8.81. The van der Waals surface area contributed by atoms with Crippen LogP contribution in [-0.2, 0) is 5.41 Å². The van der Waals surface area contributed by atoms with Crippen molar-refractivity contribution in [1.82, 2.24) is 10.4 Å². The van der Waals surface area contributed by atoms with Crippen LogP contribution in [0.25, 0.3) is 0 Å². The van der Waals surface area contributed by atoms with Gasteiger partial charge in [-0.1, -0.05) is 51.1 Å². The summed E-state index contributed by atoms with van der Waals surface area (Å²) in [5.41, 5.74) is 4.43. The molecule has 4 heteroatoms. The Morgan fingerprint density at radius 1 is 0.769 bits per heavy atom. The average Bonchev–Trinajstić information content (AvgIpc) is 2.58. The molecule has 0 saturated heterocycles. The van der Waals surface area contributed by atoms with Gasteiger partial charge in [0.25, 0.3) is 11.8 Å². The van der Waals surface area contributed by atoms with Crippen molar-refractivity contribution in [1.29, 1.82) is 0 Å². The summed E-state index contributed by atoms with van der Waals surface area (Å²) in [6, 6.07) is 16.4. The molecule has 0 unspecified atom stereocenters. The van der Waals surface area contributed by atoms with Crippen LogP contribution in [0.5, 0.6) is 0 Å². The van der Waals surface area contributed by atoms with Crippen LogP contribution >= 0.6 is 0 Å². The highest BCUT2D eigenvalue weighted by atomic mass is 16.2. The van der Waals surface area contributed by atoms with Crippen molar-refractivity contribution in [3.63, 3.8) is 0 Å². The highest BCUT2D eigenvalue weighted by Gasteiger charge is 2.29. The van der Waals surface area contributed by atoms with Gasteiger partial charge in [0.1, 0.15) is 0 Å². The minimum atomic E-state index is -0.565. The number of hydrogen-bond acceptors (Lipinski definition) is 2. The first kappa shape index (κ1) is 19.7. The summed E-state index contributed by atoms with van der Waals surface area (Å²) < 4.78 is 0. The van der Waals surface area contributed by atoms with E-state index in [1.807, 2.05) is 51.1 Å². The number of hydrazine groups is 1. The molecule has 0 saturated carbocycles. The third-order valence-corrected chi connectivity index (χ3v) is 4.12.